The Balaban J connectivity index is 4.12. The molecule has 2 nitrogen and oxygen atoms in total. The van der Waals surface area contributed by atoms with Gasteiger partial charge in [-0.1, -0.05) is 13.8 Å². The van der Waals surface area contributed by atoms with E-state index in [0.717, 1.165) is 12.8 Å². The summed E-state index contributed by atoms with van der Waals surface area (Å²) in [5.74, 6) is 0.190. The van der Waals surface area contributed by atoms with Crippen molar-refractivity contribution in [2.75, 3.05) is 14.1 Å². The van der Waals surface area contributed by atoms with Gasteiger partial charge in [-0.2, -0.15) is 5.26 Å². The van der Waals surface area contributed by atoms with Gasteiger partial charge in [0.25, 0.3) is 0 Å². The van der Waals surface area contributed by atoms with Crippen molar-refractivity contribution in [1.82, 2.24) is 4.90 Å². The van der Waals surface area contributed by atoms with Crippen LogP contribution in [-0.2, 0) is 0 Å². The maximum Gasteiger partial charge on any atom is 0.0672 e. The summed E-state index contributed by atoms with van der Waals surface area (Å²) in [7, 11) is 4.07. The zero-order valence-electron chi connectivity index (χ0n) is 7.96. The third-order valence-corrected chi connectivity index (χ3v) is 2.15. The summed E-state index contributed by atoms with van der Waals surface area (Å²) >= 11 is 0. The fraction of sp³-hybridized carbons (Fsp3) is 0.889. The van der Waals surface area contributed by atoms with Gasteiger partial charge in [-0.05, 0) is 26.9 Å². The molecule has 0 aromatic heterocycles. The predicted molar refractivity (Wildman–Crippen MR) is 47.2 cm³/mol. The standard InChI is InChI=1S/C9H18N2/c1-5-8(7-10)9(6-2)11(3)4/h8-9H,5-6H2,1-4H3. The lowest BCUT2D eigenvalue weighted by molar-refractivity contribution is 0.231. The lowest BCUT2D eigenvalue weighted by atomic mass is 9.96. The molecule has 0 aromatic rings. The summed E-state index contributed by atoms with van der Waals surface area (Å²) in [5.41, 5.74) is 0. The molecule has 0 heterocycles. The van der Waals surface area contributed by atoms with Gasteiger partial charge in [-0.15, -0.1) is 0 Å². The van der Waals surface area contributed by atoms with Crippen LogP contribution in [0.25, 0.3) is 0 Å². The van der Waals surface area contributed by atoms with Crippen molar-refractivity contribution >= 4 is 0 Å². The fourth-order valence-corrected chi connectivity index (χ4v) is 1.46. The Hall–Kier alpha value is -0.550. The smallest absolute Gasteiger partial charge is 0.0672 e. The molecule has 0 aliphatic carbocycles. The van der Waals surface area contributed by atoms with Crippen molar-refractivity contribution in [3.63, 3.8) is 0 Å². The largest absolute Gasteiger partial charge is 0.305 e. The maximum absolute atomic E-state index is 8.80. The Bertz CT molecular complexity index is 135. The zero-order chi connectivity index (χ0) is 8.85. The average molecular weight is 154 g/mol. The molecule has 0 rings (SSSR count). The predicted octanol–water partition coefficient (Wildman–Crippen LogP) is 1.88. The highest BCUT2D eigenvalue weighted by Gasteiger charge is 2.18. The number of hydrogen-bond acceptors (Lipinski definition) is 2. The van der Waals surface area contributed by atoms with Crippen LogP contribution >= 0.6 is 0 Å². The zero-order valence-corrected chi connectivity index (χ0v) is 7.96. The third-order valence-electron chi connectivity index (χ3n) is 2.15. The Morgan fingerprint density at radius 1 is 1.27 bits per heavy atom. The van der Waals surface area contributed by atoms with Crippen molar-refractivity contribution in [3.05, 3.63) is 0 Å². The lowest BCUT2D eigenvalue weighted by Crippen LogP contribution is -2.33. The Labute approximate surface area is 69.8 Å². The topological polar surface area (TPSA) is 27.0 Å². The van der Waals surface area contributed by atoms with Gasteiger partial charge < -0.3 is 4.90 Å². The van der Waals surface area contributed by atoms with Crippen molar-refractivity contribution in [3.8, 4) is 6.07 Å². The van der Waals surface area contributed by atoms with Gasteiger partial charge in [-0.3, -0.25) is 0 Å². The maximum atomic E-state index is 8.80. The van der Waals surface area contributed by atoms with Crippen molar-refractivity contribution in [2.45, 2.75) is 32.7 Å². The van der Waals surface area contributed by atoms with E-state index in [9.17, 15) is 0 Å². The van der Waals surface area contributed by atoms with Crippen LogP contribution in [0.15, 0.2) is 0 Å². The summed E-state index contributed by atoms with van der Waals surface area (Å²) in [5, 5.41) is 8.80. The van der Waals surface area contributed by atoms with Crippen LogP contribution in [0.4, 0.5) is 0 Å². The van der Waals surface area contributed by atoms with Crippen molar-refractivity contribution in [1.29, 1.82) is 5.26 Å². The first-order chi connectivity index (χ1) is 5.17. The van der Waals surface area contributed by atoms with E-state index < -0.39 is 0 Å². The second kappa shape index (κ2) is 5.15. The molecule has 2 unspecified atom stereocenters. The van der Waals surface area contributed by atoms with Crippen LogP contribution in [0, 0.1) is 17.2 Å². The first kappa shape index (κ1) is 10.4. The van der Waals surface area contributed by atoms with E-state index >= 15 is 0 Å². The minimum Gasteiger partial charge on any atom is -0.305 e. The normalized spacial score (nSPS) is 16.0. The van der Waals surface area contributed by atoms with E-state index in [1.54, 1.807) is 0 Å². The molecule has 0 fully saturated rings. The van der Waals surface area contributed by atoms with Crippen LogP contribution in [0.3, 0.4) is 0 Å². The molecule has 2 heteroatoms. The van der Waals surface area contributed by atoms with Gasteiger partial charge in [0.15, 0.2) is 0 Å². The minimum absolute atomic E-state index is 0.190. The minimum atomic E-state index is 0.190. The molecule has 0 aliphatic heterocycles. The molecule has 2 atom stereocenters. The van der Waals surface area contributed by atoms with Crippen LogP contribution in [-0.4, -0.2) is 25.0 Å². The third kappa shape index (κ3) is 2.90. The van der Waals surface area contributed by atoms with Gasteiger partial charge >= 0.3 is 0 Å². The van der Waals surface area contributed by atoms with Crippen LogP contribution in [0.5, 0.6) is 0 Å². The van der Waals surface area contributed by atoms with E-state index in [-0.39, 0.29) is 5.92 Å². The highest BCUT2D eigenvalue weighted by Crippen LogP contribution is 2.14. The number of nitrogens with zero attached hydrogens (tertiary/aromatic N) is 2. The van der Waals surface area contributed by atoms with Gasteiger partial charge in [0.1, 0.15) is 0 Å². The first-order valence-corrected chi connectivity index (χ1v) is 4.23. The molecular weight excluding hydrogens is 136 g/mol. The molecule has 0 bridgehead atoms. The van der Waals surface area contributed by atoms with Crippen LogP contribution in [0.1, 0.15) is 26.7 Å². The highest BCUT2D eigenvalue weighted by atomic mass is 15.1. The molecule has 0 saturated carbocycles. The lowest BCUT2D eigenvalue weighted by Gasteiger charge is -2.26. The summed E-state index contributed by atoms with van der Waals surface area (Å²) in [6, 6.07) is 2.76. The Kier molecular flexibility index (Phi) is 4.89. The second-order valence-electron chi connectivity index (χ2n) is 3.08. The quantitative estimate of drug-likeness (QED) is 0.618. The molecular formula is C9H18N2. The van der Waals surface area contributed by atoms with E-state index in [2.05, 4.69) is 24.8 Å². The molecule has 64 valence electrons. The summed E-state index contributed by atoms with van der Waals surface area (Å²) < 4.78 is 0. The number of nitriles is 1. The van der Waals surface area contributed by atoms with Crippen LogP contribution in [0.2, 0.25) is 0 Å². The van der Waals surface area contributed by atoms with E-state index in [0.29, 0.717) is 6.04 Å². The number of rotatable bonds is 4. The van der Waals surface area contributed by atoms with Gasteiger partial charge in [0, 0.05) is 6.04 Å². The van der Waals surface area contributed by atoms with Crippen molar-refractivity contribution < 1.29 is 0 Å². The molecule has 0 N–H and O–H groups in total. The molecule has 0 amide bonds. The molecule has 0 spiro atoms. The van der Waals surface area contributed by atoms with E-state index in [4.69, 9.17) is 5.26 Å². The molecule has 0 radical (unpaired) electrons. The SMILES string of the molecule is CCC(C#N)C(CC)N(C)C. The monoisotopic (exact) mass is 154 g/mol. The van der Waals surface area contributed by atoms with E-state index in [1.165, 1.54) is 0 Å². The molecule has 0 aliphatic rings. The summed E-state index contributed by atoms with van der Waals surface area (Å²) in [4.78, 5) is 2.14. The van der Waals surface area contributed by atoms with Gasteiger partial charge in [0.2, 0.25) is 0 Å². The second-order valence-corrected chi connectivity index (χ2v) is 3.08. The van der Waals surface area contributed by atoms with Gasteiger partial charge in [0.05, 0.1) is 12.0 Å². The molecule has 11 heavy (non-hydrogen) atoms. The summed E-state index contributed by atoms with van der Waals surface area (Å²) in [6.07, 6.45) is 2.01. The van der Waals surface area contributed by atoms with Gasteiger partial charge in [-0.25, -0.2) is 0 Å². The van der Waals surface area contributed by atoms with Crippen molar-refractivity contribution in [2.24, 2.45) is 5.92 Å². The van der Waals surface area contributed by atoms with E-state index in [1.807, 2.05) is 14.1 Å². The molecule has 0 saturated heterocycles. The fourth-order valence-electron chi connectivity index (χ4n) is 1.46. The van der Waals surface area contributed by atoms with Crippen LogP contribution < -0.4 is 0 Å². The Morgan fingerprint density at radius 2 is 1.82 bits per heavy atom. The molecule has 0 aromatic carbocycles. The first-order valence-electron chi connectivity index (χ1n) is 4.23. The number of hydrogen-bond donors (Lipinski definition) is 0. The highest BCUT2D eigenvalue weighted by molar-refractivity contribution is 4.90. The summed E-state index contributed by atoms with van der Waals surface area (Å²) in [6.45, 7) is 4.20. The Morgan fingerprint density at radius 3 is 1.91 bits per heavy atom. The average Bonchev–Trinajstić information content (AvgIpc) is 1.99.